The molecule has 0 spiro atoms. The number of nitrogens with one attached hydrogen (secondary N) is 1. The molecule has 19 heavy (non-hydrogen) atoms. The van der Waals surface area contributed by atoms with Crippen molar-refractivity contribution >= 4 is 11.4 Å². The van der Waals surface area contributed by atoms with Gasteiger partial charge in [0, 0.05) is 13.0 Å². The molecule has 0 bridgehead atoms. The van der Waals surface area contributed by atoms with Crippen LogP contribution >= 0.6 is 0 Å². The number of hydrogen-bond acceptors (Lipinski definition) is 4. The quantitative estimate of drug-likeness (QED) is 0.387. The molecule has 1 heterocycles. The van der Waals surface area contributed by atoms with Crippen molar-refractivity contribution in [2.75, 3.05) is 11.9 Å². The van der Waals surface area contributed by atoms with Gasteiger partial charge in [-0.25, -0.2) is 4.98 Å². The van der Waals surface area contributed by atoms with E-state index in [1.54, 1.807) is 0 Å². The molecule has 5 nitrogen and oxygen atoms in total. The highest BCUT2D eigenvalue weighted by Gasteiger charge is 2.34. The highest BCUT2D eigenvalue weighted by Crippen LogP contribution is 2.32. The van der Waals surface area contributed by atoms with Crippen LogP contribution in [0.2, 0.25) is 0 Å². The van der Waals surface area contributed by atoms with Crippen molar-refractivity contribution in [1.82, 2.24) is 4.98 Å². The van der Waals surface area contributed by atoms with Gasteiger partial charge in [0.05, 0.1) is 4.92 Å². The number of aromatic nitrogens is 1. The lowest BCUT2D eigenvalue weighted by atomic mass is 10.2. The standard InChI is InChI=1S/C11H10F3N3O2/c1-2-3-4-5-15-8-6-10(11(12,13)14)16-7-9(8)17(18)19/h1,6-7H,3-5H2,(H,15,16). The second-order valence-corrected chi connectivity index (χ2v) is 3.58. The van der Waals surface area contributed by atoms with Gasteiger partial charge in [-0.15, -0.1) is 12.3 Å². The summed E-state index contributed by atoms with van der Waals surface area (Å²) in [5.41, 5.74) is -1.91. The van der Waals surface area contributed by atoms with Crippen molar-refractivity contribution < 1.29 is 18.1 Å². The number of unbranched alkanes of at least 4 members (excludes halogenated alkanes) is 1. The molecule has 0 aromatic carbocycles. The Kier molecular flexibility index (Phi) is 4.69. The van der Waals surface area contributed by atoms with Gasteiger partial charge in [0.1, 0.15) is 17.6 Å². The Morgan fingerprint density at radius 3 is 2.74 bits per heavy atom. The van der Waals surface area contributed by atoms with Gasteiger partial charge < -0.3 is 5.32 Å². The first-order valence-electron chi connectivity index (χ1n) is 5.25. The molecule has 0 amide bonds. The molecule has 0 aliphatic rings. The van der Waals surface area contributed by atoms with Crippen LogP contribution in [0, 0.1) is 22.5 Å². The number of rotatable bonds is 5. The summed E-state index contributed by atoms with van der Waals surface area (Å²) in [5.74, 6) is 2.36. The topological polar surface area (TPSA) is 68.1 Å². The summed E-state index contributed by atoms with van der Waals surface area (Å²) in [6.45, 7) is 0.242. The smallest absolute Gasteiger partial charge is 0.379 e. The average Bonchev–Trinajstić information content (AvgIpc) is 2.33. The Labute approximate surface area is 107 Å². The van der Waals surface area contributed by atoms with Crippen LogP contribution in [0.3, 0.4) is 0 Å². The maximum atomic E-state index is 12.5. The average molecular weight is 273 g/mol. The Morgan fingerprint density at radius 2 is 2.21 bits per heavy atom. The van der Waals surface area contributed by atoms with Crippen LogP contribution in [0.15, 0.2) is 12.3 Å². The summed E-state index contributed by atoms with van der Waals surface area (Å²) < 4.78 is 37.4. The minimum atomic E-state index is -4.65. The van der Waals surface area contributed by atoms with Gasteiger partial charge in [0.2, 0.25) is 0 Å². The zero-order valence-corrected chi connectivity index (χ0v) is 9.70. The van der Waals surface area contributed by atoms with Crippen molar-refractivity contribution in [3.05, 3.63) is 28.1 Å². The van der Waals surface area contributed by atoms with Crippen LogP contribution in [-0.2, 0) is 6.18 Å². The molecule has 0 atom stereocenters. The van der Waals surface area contributed by atoms with Gasteiger partial charge in [0.25, 0.3) is 0 Å². The number of hydrogen-bond donors (Lipinski definition) is 1. The van der Waals surface area contributed by atoms with Crippen LogP contribution in [-0.4, -0.2) is 16.5 Å². The molecule has 0 fully saturated rings. The lowest BCUT2D eigenvalue weighted by molar-refractivity contribution is -0.384. The summed E-state index contributed by atoms with van der Waals surface area (Å²) in [4.78, 5) is 12.9. The van der Waals surface area contributed by atoms with Crippen LogP contribution < -0.4 is 5.32 Å². The normalized spacial score (nSPS) is 10.8. The fourth-order valence-corrected chi connectivity index (χ4v) is 1.30. The maximum absolute atomic E-state index is 12.5. The van der Waals surface area contributed by atoms with E-state index in [-0.39, 0.29) is 12.2 Å². The summed E-state index contributed by atoms with van der Waals surface area (Å²) in [7, 11) is 0. The minimum Gasteiger partial charge on any atom is -0.379 e. The zero-order valence-electron chi connectivity index (χ0n) is 9.70. The molecule has 0 aliphatic heterocycles. The van der Waals surface area contributed by atoms with E-state index >= 15 is 0 Å². The van der Waals surface area contributed by atoms with Gasteiger partial charge in [-0.1, -0.05) is 0 Å². The van der Waals surface area contributed by atoms with Crippen LogP contribution in [0.1, 0.15) is 18.5 Å². The predicted octanol–water partition coefficient (Wildman–Crippen LogP) is 2.83. The van der Waals surface area contributed by atoms with Crippen molar-refractivity contribution in [2.45, 2.75) is 19.0 Å². The molecule has 0 radical (unpaired) electrons. The summed E-state index contributed by atoms with van der Waals surface area (Å²) in [6.07, 6.45) is 1.89. The molecule has 8 heteroatoms. The number of anilines is 1. The van der Waals surface area contributed by atoms with Gasteiger partial charge in [0.15, 0.2) is 0 Å². The summed E-state index contributed by atoms with van der Waals surface area (Å²) in [5, 5.41) is 13.2. The lowest BCUT2D eigenvalue weighted by Gasteiger charge is -2.09. The fraction of sp³-hybridized carbons (Fsp3) is 0.364. The fourth-order valence-electron chi connectivity index (χ4n) is 1.30. The minimum absolute atomic E-state index is 0.218. The van der Waals surface area contributed by atoms with Gasteiger partial charge in [-0.2, -0.15) is 13.2 Å². The van der Waals surface area contributed by atoms with E-state index in [1.807, 2.05) is 0 Å². The lowest BCUT2D eigenvalue weighted by Crippen LogP contribution is -2.11. The first kappa shape index (κ1) is 14.8. The molecule has 0 saturated carbocycles. The Morgan fingerprint density at radius 1 is 1.53 bits per heavy atom. The Hall–Kier alpha value is -2.30. The third kappa shape index (κ3) is 4.13. The predicted molar refractivity (Wildman–Crippen MR) is 62.5 cm³/mol. The van der Waals surface area contributed by atoms with Crippen molar-refractivity contribution in [3.63, 3.8) is 0 Å². The van der Waals surface area contributed by atoms with E-state index in [4.69, 9.17) is 6.42 Å². The molecule has 0 saturated heterocycles. The van der Waals surface area contributed by atoms with Crippen molar-refractivity contribution in [1.29, 1.82) is 0 Å². The number of halogens is 3. The van der Waals surface area contributed by atoms with E-state index in [0.29, 0.717) is 25.1 Å². The molecule has 1 aromatic heterocycles. The van der Waals surface area contributed by atoms with Crippen molar-refractivity contribution in [2.24, 2.45) is 0 Å². The van der Waals surface area contributed by atoms with E-state index < -0.39 is 22.5 Å². The largest absolute Gasteiger partial charge is 0.433 e. The van der Waals surface area contributed by atoms with Crippen LogP contribution in [0.4, 0.5) is 24.5 Å². The maximum Gasteiger partial charge on any atom is 0.433 e. The monoisotopic (exact) mass is 273 g/mol. The van der Waals surface area contributed by atoms with Gasteiger partial charge in [-0.3, -0.25) is 10.1 Å². The molecule has 102 valence electrons. The second-order valence-electron chi connectivity index (χ2n) is 3.58. The van der Waals surface area contributed by atoms with E-state index in [0.717, 1.165) is 0 Å². The number of terminal acetylenes is 1. The molecular weight excluding hydrogens is 263 g/mol. The van der Waals surface area contributed by atoms with Crippen LogP contribution in [0.25, 0.3) is 0 Å². The summed E-state index contributed by atoms with van der Waals surface area (Å²) >= 11 is 0. The van der Waals surface area contributed by atoms with Gasteiger partial charge in [-0.05, 0) is 12.5 Å². The number of pyridine rings is 1. The van der Waals surface area contributed by atoms with E-state index in [9.17, 15) is 23.3 Å². The third-order valence-corrected chi connectivity index (χ3v) is 2.18. The zero-order chi connectivity index (χ0) is 14.5. The molecular formula is C11H10F3N3O2. The highest BCUT2D eigenvalue weighted by molar-refractivity contribution is 5.61. The second kappa shape index (κ2) is 6.04. The molecule has 1 rings (SSSR count). The number of nitro groups is 1. The molecule has 0 aliphatic carbocycles. The molecule has 1 aromatic rings. The number of alkyl halides is 3. The molecule has 0 unspecified atom stereocenters. The Balaban J connectivity index is 2.96. The first-order chi connectivity index (χ1) is 8.86. The Bertz CT molecular complexity index is 509. The molecule has 1 N–H and O–H groups in total. The van der Waals surface area contributed by atoms with Crippen LogP contribution in [0.5, 0.6) is 0 Å². The number of nitrogens with zero attached hydrogens (tertiary/aromatic N) is 2. The first-order valence-corrected chi connectivity index (χ1v) is 5.25. The third-order valence-electron chi connectivity index (χ3n) is 2.18. The highest BCUT2D eigenvalue weighted by atomic mass is 19.4. The summed E-state index contributed by atoms with van der Waals surface area (Å²) in [6, 6.07) is 0.619. The van der Waals surface area contributed by atoms with Crippen molar-refractivity contribution in [3.8, 4) is 12.3 Å². The van der Waals surface area contributed by atoms with E-state index in [1.165, 1.54) is 0 Å². The van der Waals surface area contributed by atoms with E-state index in [2.05, 4.69) is 16.2 Å². The van der Waals surface area contributed by atoms with Gasteiger partial charge >= 0.3 is 11.9 Å². The SMILES string of the molecule is C#CCCCNc1cc(C(F)(F)F)ncc1[N+](=O)[O-].